The Bertz CT molecular complexity index is 1210. The van der Waals surface area contributed by atoms with Crippen molar-refractivity contribution in [3.05, 3.63) is 70.8 Å². The molecule has 2 aromatic carbocycles. The van der Waals surface area contributed by atoms with E-state index in [0.29, 0.717) is 0 Å². The Kier molecular flexibility index (Phi) is 5.64. The first kappa shape index (κ1) is 20.8. The molecule has 0 aliphatic carbocycles. The van der Waals surface area contributed by atoms with E-state index >= 15 is 0 Å². The van der Waals surface area contributed by atoms with Crippen molar-refractivity contribution in [2.45, 2.75) is 11.3 Å². The first-order valence-corrected chi connectivity index (χ1v) is 9.77. The van der Waals surface area contributed by atoms with E-state index in [0.717, 1.165) is 35.3 Å². The second kappa shape index (κ2) is 7.85. The van der Waals surface area contributed by atoms with Crippen LogP contribution in [0.1, 0.15) is 5.56 Å². The maximum atomic E-state index is 13.3. The van der Waals surface area contributed by atoms with Crippen molar-refractivity contribution in [2.75, 3.05) is 5.32 Å². The number of nitrogens with zero attached hydrogens (tertiary/aromatic N) is 2. The maximum Gasteiger partial charge on any atom is 0.240 e. The molecule has 7 nitrogen and oxygen atoms in total. The van der Waals surface area contributed by atoms with Crippen LogP contribution < -0.4 is 10.5 Å². The Morgan fingerprint density at radius 2 is 1.86 bits per heavy atom. The lowest BCUT2D eigenvalue weighted by Crippen LogP contribution is -2.18. The van der Waals surface area contributed by atoms with Gasteiger partial charge in [-0.05, 0) is 35.9 Å². The molecule has 1 amide bonds. The van der Waals surface area contributed by atoms with Gasteiger partial charge in [-0.1, -0.05) is 11.6 Å². The zero-order chi connectivity index (χ0) is 21.3. The molecular weight excluding hydrogens is 433 g/mol. The van der Waals surface area contributed by atoms with Crippen molar-refractivity contribution in [3.63, 3.8) is 0 Å². The fourth-order valence-electron chi connectivity index (χ4n) is 2.52. The zero-order valence-electron chi connectivity index (χ0n) is 14.4. The van der Waals surface area contributed by atoms with Gasteiger partial charge in [0, 0.05) is 10.7 Å². The predicted molar refractivity (Wildman–Crippen MR) is 98.6 cm³/mol. The molecule has 0 aliphatic rings. The molecule has 0 radical (unpaired) electrons. The number of halogens is 4. The lowest BCUT2D eigenvalue weighted by Gasteiger charge is -2.12. The van der Waals surface area contributed by atoms with Crippen LogP contribution in [0, 0.1) is 17.5 Å². The van der Waals surface area contributed by atoms with Gasteiger partial charge in [0.2, 0.25) is 15.9 Å². The van der Waals surface area contributed by atoms with E-state index in [1.54, 1.807) is 0 Å². The second-order valence-electron chi connectivity index (χ2n) is 5.91. The van der Waals surface area contributed by atoms with Crippen LogP contribution in [0.15, 0.2) is 47.6 Å². The molecule has 12 heteroatoms. The summed E-state index contributed by atoms with van der Waals surface area (Å²) >= 11 is 5.80. The summed E-state index contributed by atoms with van der Waals surface area (Å²) in [6.07, 6.45) is 1.44. The molecule has 0 spiro atoms. The molecule has 1 aromatic heterocycles. The molecule has 3 rings (SSSR count). The smallest absolute Gasteiger partial charge is 0.240 e. The minimum atomic E-state index is -4.25. The molecule has 1 heterocycles. The number of amides is 1. The number of aromatic nitrogens is 2. The Morgan fingerprint density at radius 3 is 2.48 bits per heavy atom. The van der Waals surface area contributed by atoms with Gasteiger partial charge >= 0.3 is 0 Å². The van der Waals surface area contributed by atoms with Gasteiger partial charge in [-0.25, -0.2) is 31.4 Å². The summed E-state index contributed by atoms with van der Waals surface area (Å²) in [5.74, 6) is -3.67. The molecule has 0 atom stereocenters. The molecule has 3 N–H and O–H groups in total. The number of carbonyl (C=O) groups is 1. The third-order valence-electron chi connectivity index (χ3n) is 3.79. The number of rotatable bonds is 5. The summed E-state index contributed by atoms with van der Waals surface area (Å²) < 4.78 is 64.5. The van der Waals surface area contributed by atoms with Crippen LogP contribution in [-0.2, 0) is 21.2 Å². The van der Waals surface area contributed by atoms with Gasteiger partial charge in [0.15, 0.2) is 17.5 Å². The predicted octanol–water partition coefficient (Wildman–Crippen LogP) is 2.77. The lowest BCUT2D eigenvalue weighted by atomic mass is 10.1. The topological polar surface area (TPSA) is 107 Å². The highest BCUT2D eigenvalue weighted by Gasteiger charge is 2.19. The minimum absolute atomic E-state index is 0.0296. The van der Waals surface area contributed by atoms with Gasteiger partial charge in [0.25, 0.3) is 0 Å². The fraction of sp³-hybridized carbons (Fsp3) is 0.0588. The highest BCUT2D eigenvalue weighted by Crippen LogP contribution is 2.24. The molecule has 0 bridgehead atoms. The zero-order valence-corrected chi connectivity index (χ0v) is 15.9. The number of anilines is 1. The molecule has 152 valence electrons. The average molecular weight is 445 g/mol. The lowest BCUT2D eigenvalue weighted by molar-refractivity contribution is -0.115. The SMILES string of the molecule is NS(=O)(=O)c1cc(NC(=O)Cc2cc(F)c(F)cc2Cl)ccc1-n1cc(F)cn1. The average Bonchev–Trinajstić information content (AvgIpc) is 3.05. The molecule has 3 aromatic rings. The molecule has 0 saturated heterocycles. The van der Waals surface area contributed by atoms with Crippen LogP contribution in [0.25, 0.3) is 5.69 Å². The molecule has 0 saturated carbocycles. The molecular formula is C17H12ClF3N4O3S. The van der Waals surface area contributed by atoms with Crippen molar-refractivity contribution >= 4 is 33.2 Å². The summed E-state index contributed by atoms with van der Waals surface area (Å²) in [6, 6.07) is 5.22. The van der Waals surface area contributed by atoms with E-state index in [-0.39, 0.29) is 22.0 Å². The standard InChI is InChI=1S/C17H12ClF3N4O3S/c18-12-6-14(21)13(20)3-9(12)4-17(26)24-11-1-2-15(16(5-11)29(22,27)28)25-8-10(19)7-23-25/h1-3,5-8H,4H2,(H,24,26)(H2,22,27,28). The summed E-state index contributed by atoms with van der Waals surface area (Å²) in [4.78, 5) is 11.8. The van der Waals surface area contributed by atoms with E-state index < -0.39 is 44.7 Å². The first-order chi connectivity index (χ1) is 13.5. The molecule has 0 aliphatic heterocycles. The number of carbonyl (C=O) groups excluding carboxylic acids is 1. The number of hydrogen-bond acceptors (Lipinski definition) is 4. The van der Waals surface area contributed by atoms with E-state index in [9.17, 15) is 26.4 Å². The second-order valence-corrected chi connectivity index (χ2v) is 7.85. The first-order valence-electron chi connectivity index (χ1n) is 7.85. The van der Waals surface area contributed by atoms with Gasteiger partial charge in [-0.2, -0.15) is 5.10 Å². The van der Waals surface area contributed by atoms with E-state index in [1.165, 1.54) is 12.1 Å². The van der Waals surface area contributed by atoms with E-state index in [4.69, 9.17) is 16.7 Å². The van der Waals surface area contributed by atoms with Crippen molar-refractivity contribution in [1.82, 2.24) is 9.78 Å². The van der Waals surface area contributed by atoms with Crippen molar-refractivity contribution in [1.29, 1.82) is 0 Å². The van der Waals surface area contributed by atoms with E-state index in [2.05, 4.69) is 10.4 Å². The van der Waals surface area contributed by atoms with Gasteiger partial charge in [0.05, 0.1) is 24.5 Å². The van der Waals surface area contributed by atoms with Crippen LogP contribution in [-0.4, -0.2) is 24.1 Å². The van der Waals surface area contributed by atoms with Crippen LogP contribution in [0.4, 0.5) is 18.9 Å². The minimum Gasteiger partial charge on any atom is -0.326 e. The monoisotopic (exact) mass is 444 g/mol. The highest BCUT2D eigenvalue weighted by molar-refractivity contribution is 7.89. The summed E-state index contributed by atoms with van der Waals surface area (Å²) in [5, 5.41) is 11.2. The Balaban J connectivity index is 1.88. The van der Waals surface area contributed by atoms with Gasteiger partial charge in [-0.15, -0.1) is 0 Å². The van der Waals surface area contributed by atoms with Crippen LogP contribution in [0.2, 0.25) is 5.02 Å². The Hall–Kier alpha value is -2.89. The van der Waals surface area contributed by atoms with Gasteiger partial charge in [0.1, 0.15) is 4.90 Å². The van der Waals surface area contributed by atoms with Gasteiger partial charge < -0.3 is 5.32 Å². The quantitative estimate of drug-likeness (QED) is 0.590. The van der Waals surface area contributed by atoms with Crippen LogP contribution >= 0.6 is 11.6 Å². The molecule has 29 heavy (non-hydrogen) atoms. The third-order valence-corrected chi connectivity index (χ3v) is 5.08. The Labute approximate surface area is 167 Å². The van der Waals surface area contributed by atoms with Crippen LogP contribution in [0.3, 0.4) is 0 Å². The fourth-order valence-corrected chi connectivity index (χ4v) is 3.48. The largest absolute Gasteiger partial charge is 0.326 e. The van der Waals surface area contributed by atoms with Crippen LogP contribution in [0.5, 0.6) is 0 Å². The summed E-state index contributed by atoms with van der Waals surface area (Å²) in [7, 11) is -4.25. The highest BCUT2D eigenvalue weighted by atomic mass is 35.5. The number of benzene rings is 2. The Morgan fingerprint density at radius 1 is 1.17 bits per heavy atom. The number of nitrogens with one attached hydrogen (secondary N) is 1. The van der Waals surface area contributed by atoms with E-state index in [1.807, 2.05) is 0 Å². The number of hydrogen-bond donors (Lipinski definition) is 2. The van der Waals surface area contributed by atoms with Crippen molar-refractivity contribution in [2.24, 2.45) is 5.14 Å². The summed E-state index contributed by atoms with van der Waals surface area (Å²) in [5.41, 5.74) is 0.0607. The van der Waals surface area contributed by atoms with Crippen molar-refractivity contribution in [3.8, 4) is 5.69 Å². The van der Waals surface area contributed by atoms with Crippen molar-refractivity contribution < 1.29 is 26.4 Å². The molecule has 0 unspecified atom stereocenters. The number of primary sulfonamides is 1. The summed E-state index contributed by atoms with van der Waals surface area (Å²) in [6.45, 7) is 0. The van der Waals surface area contributed by atoms with Gasteiger partial charge in [-0.3, -0.25) is 4.79 Å². The molecule has 0 fully saturated rings. The number of sulfonamides is 1. The number of nitrogens with two attached hydrogens (primary N) is 1. The third kappa shape index (κ3) is 4.75. The normalized spacial score (nSPS) is 11.5. The maximum absolute atomic E-state index is 13.3.